The Labute approximate surface area is 163 Å². The fourth-order valence-corrected chi connectivity index (χ4v) is 2.80. The van der Waals surface area contributed by atoms with E-state index in [1.54, 1.807) is 47.2 Å². The average molecular weight is 378 g/mol. The number of carbonyl (C=O) groups excluding carboxylic acids is 2. The number of nitrogens with two attached hydrogens (primary N) is 1. The van der Waals surface area contributed by atoms with Crippen LogP contribution in [0.5, 0.6) is 0 Å². The van der Waals surface area contributed by atoms with Crippen LogP contribution in [0.2, 0.25) is 0 Å². The van der Waals surface area contributed by atoms with E-state index in [0.29, 0.717) is 12.1 Å². The molecule has 28 heavy (non-hydrogen) atoms. The number of primary amides is 1. The molecule has 3 amide bonds. The van der Waals surface area contributed by atoms with Crippen LogP contribution in [0, 0.1) is 0 Å². The summed E-state index contributed by atoms with van der Waals surface area (Å²) in [5, 5.41) is 6.63. The summed E-state index contributed by atoms with van der Waals surface area (Å²) >= 11 is 0. The molecule has 0 aliphatic rings. The molecule has 1 atom stereocenters. The summed E-state index contributed by atoms with van der Waals surface area (Å²) < 4.78 is 1.68. The Morgan fingerprint density at radius 2 is 1.82 bits per heavy atom. The van der Waals surface area contributed by atoms with Crippen molar-refractivity contribution in [2.75, 3.05) is 7.05 Å². The number of hydrogen-bond acceptors (Lipinski definition) is 4. The van der Waals surface area contributed by atoms with E-state index in [2.05, 4.69) is 15.4 Å². The van der Waals surface area contributed by atoms with Gasteiger partial charge in [0.25, 0.3) is 5.91 Å². The Hall–Kier alpha value is -3.68. The van der Waals surface area contributed by atoms with Crippen molar-refractivity contribution < 1.29 is 9.59 Å². The zero-order valence-electron chi connectivity index (χ0n) is 15.7. The summed E-state index contributed by atoms with van der Waals surface area (Å²) in [6, 6.07) is 14.3. The monoisotopic (exact) mass is 378 g/mol. The van der Waals surface area contributed by atoms with Gasteiger partial charge in [-0.3, -0.25) is 4.79 Å². The molecule has 0 aliphatic heterocycles. The zero-order valence-corrected chi connectivity index (χ0v) is 15.7. The van der Waals surface area contributed by atoms with Gasteiger partial charge in [0.2, 0.25) is 0 Å². The third-order valence-corrected chi connectivity index (χ3v) is 4.63. The topological polar surface area (TPSA) is 106 Å². The molecule has 3 rings (SSSR count). The third kappa shape index (κ3) is 4.35. The largest absolute Gasteiger partial charge is 0.352 e. The minimum Gasteiger partial charge on any atom is -0.352 e. The highest BCUT2D eigenvalue weighted by Gasteiger charge is 2.19. The van der Waals surface area contributed by atoms with E-state index in [1.807, 2.05) is 31.2 Å². The molecule has 144 valence electrons. The number of rotatable bonds is 6. The van der Waals surface area contributed by atoms with Crippen molar-refractivity contribution >= 4 is 11.9 Å². The van der Waals surface area contributed by atoms with Gasteiger partial charge in [-0.05, 0) is 42.3 Å². The van der Waals surface area contributed by atoms with Crippen LogP contribution in [0.3, 0.4) is 0 Å². The maximum Gasteiger partial charge on any atom is 0.312 e. The van der Waals surface area contributed by atoms with Crippen LogP contribution in [0.4, 0.5) is 4.79 Å². The highest BCUT2D eigenvalue weighted by Crippen LogP contribution is 2.22. The van der Waals surface area contributed by atoms with Crippen LogP contribution in [0.15, 0.2) is 61.2 Å². The van der Waals surface area contributed by atoms with Crippen molar-refractivity contribution in [1.29, 1.82) is 0 Å². The van der Waals surface area contributed by atoms with Gasteiger partial charge in [-0.15, -0.1) is 0 Å². The first-order valence-corrected chi connectivity index (χ1v) is 8.80. The van der Waals surface area contributed by atoms with Gasteiger partial charge in [-0.2, -0.15) is 5.10 Å². The molecule has 0 saturated heterocycles. The first-order chi connectivity index (χ1) is 13.5. The Bertz CT molecular complexity index is 936. The standard InChI is InChI=1S/C20H22N6O2/c1-14(16-7-9-18(10-8-16)26-13-22-12-24-26)25(2)19(27)17-5-3-15(4-6-17)11-23-20(21)28/h3-10,12-14H,11H2,1-2H3,(H3,21,23,28)/t14-/m0/s1. The molecular weight excluding hydrogens is 356 g/mol. The van der Waals surface area contributed by atoms with Crippen LogP contribution in [0.1, 0.15) is 34.5 Å². The highest BCUT2D eigenvalue weighted by molar-refractivity contribution is 5.94. The Morgan fingerprint density at radius 1 is 1.14 bits per heavy atom. The number of benzene rings is 2. The van der Waals surface area contributed by atoms with E-state index >= 15 is 0 Å². The molecule has 0 unspecified atom stereocenters. The summed E-state index contributed by atoms with van der Waals surface area (Å²) in [6.45, 7) is 2.31. The van der Waals surface area contributed by atoms with Crippen LogP contribution in [0.25, 0.3) is 5.69 Å². The predicted octanol–water partition coefficient (Wildman–Crippen LogP) is 2.27. The Balaban J connectivity index is 1.67. The van der Waals surface area contributed by atoms with E-state index in [9.17, 15) is 9.59 Å². The number of amides is 3. The number of hydrogen-bond donors (Lipinski definition) is 2. The van der Waals surface area contributed by atoms with Gasteiger partial charge in [-0.25, -0.2) is 14.5 Å². The maximum atomic E-state index is 12.8. The number of nitrogens with zero attached hydrogens (tertiary/aromatic N) is 4. The number of aromatic nitrogens is 3. The van der Waals surface area contributed by atoms with Gasteiger partial charge in [0.1, 0.15) is 12.7 Å². The van der Waals surface area contributed by atoms with E-state index in [4.69, 9.17) is 5.73 Å². The second kappa shape index (κ2) is 8.34. The highest BCUT2D eigenvalue weighted by atomic mass is 16.2. The van der Waals surface area contributed by atoms with Crippen LogP contribution in [-0.2, 0) is 6.54 Å². The lowest BCUT2D eigenvalue weighted by Gasteiger charge is -2.25. The molecule has 0 saturated carbocycles. The minimum absolute atomic E-state index is 0.0812. The van der Waals surface area contributed by atoms with Crippen LogP contribution < -0.4 is 11.1 Å². The lowest BCUT2D eigenvalue weighted by molar-refractivity contribution is 0.0742. The van der Waals surface area contributed by atoms with Crippen molar-refractivity contribution in [3.63, 3.8) is 0 Å². The first kappa shape index (κ1) is 19.1. The summed E-state index contributed by atoms with van der Waals surface area (Å²) in [5.74, 6) is -0.0812. The Kier molecular flexibility index (Phi) is 5.69. The predicted molar refractivity (Wildman–Crippen MR) is 105 cm³/mol. The van der Waals surface area contributed by atoms with Gasteiger partial charge in [-0.1, -0.05) is 24.3 Å². The maximum absolute atomic E-state index is 12.8. The molecule has 1 heterocycles. The molecule has 0 spiro atoms. The van der Waals surface area contributed by atoms with Crippen LogP contribution in [-0.4, -0.2) is 38.7 Å². The molecule has 3 aromatic rings. The SMILES string of the molecule is C[C@@H](c1ccc(-n2cncn2)cc1)N(C)C(=O)c1ccc(CNC(N)=O)cc1. The van der Waals surface area contributed by atoms with Gasteiger partial charge in [0, 0.05) is 19.2 Å². The average Bonchev–Trinajstić information content (AvgIpc) is 3.26. The Morgan fingerprint density at radius 3 is 2.39 bits per heavy atom. The summed E-state index contributed by atoms with van der Waals surface area (Å²) in [4.78, 5) is 29.2. The quantitative estimate of drug-likeness (QED) is 0.686. The van der Waals surface area contributed by atoms with Gasteiger partial charge < -0.3 is 16.0 Å². The number of nitrogens with one attached hydrogen (secondary N) is 1. The smallest absolute Gasteiger partial charge is 0.312 e. The van der Waals surface area contributed by atoms with Gasteiger partial charge >= 0.3 is 6.03 Å². The molecule has 8 nitrogen and oxygen atoms in total. The molecular formula is C20H22N6O2. The van der Waals surface area contributed by atoms with Crippen molar-refractivity contribution in [2.45, 2.75) is 19.5 Å². The van der Waals surface area contributed by atoms with Crippen molar-refractivity contribution in [1.82, 2.24) is 25.0 Å². The fourth-order valence-electron chi connectivity index (χ4n) is 2.80. The summed E-state index contributed by atoms with van der Waals surface area (Å²) in [5.41, 5.74) is 8.44. The van der Waals surface area contributed by atoms with Gasteiger partial charge in [0.15, 0.2) is 0 Å². The van der Waals surface area contributed by atoms with Gasteiger partial charge in [0.05, 0.1) is 11.7 Å². The number of urea groups is 1. The normalized spacial score (nSPS) is 11.6. The second-order valence-corrected chi connectivity index (χ2v) is 6.44. The molecule has 2 aromatic carbocycles. The first-order valence-electron chi connectivity index (χ1n) is 8.80. The minimum atomic E-state index is -0.580. The molecule has 0 radical (unpaired) electrons. The molecule has 0 aliphatic carbocycles. The van der Waals surface area contributed by atoms with Crippen molar-refractivity contribution in [3.05, 3.63) is 77.9 Å². The third-order valence-electron chi connectivity index (χ3n) is 4.63. The summed E-state index contributed by atoms with van der Waals surface area (Å²) in [7, 11) is 1.78. The number of carbonyl (C=O) groups is 2. The molecule has 0 fully saturated rings. The molecule has 8 heteroatoms. The molecule has 3 N–H and O–H groups in total. The lowest BCUT2D eigenvalue weighted by Crippen LogP contribution is -2.30. The van der Waals surface area contributed by atoms with Crippen molar-refractivity contribution in [3.8, 4) is 5.69 Å². The van der Waals surface area contributed by atoms with E-state index < -0.39 is 6.03 Å². The van der Waals surface area contributed by atoms with E-state index in [0.717, 1.165) is 16.8 Å². The van der Waals surface area contributed by atoms with E-state index in [-0.39, 0.29) is 11.9 Å². The molecule has 1 aromatic heterocycles. The molecule has 0 bridgehead atoms. The summed E-state index contributed by atoms with van der Waals surface area (Å²) in [6.07, 6.45) is 3.12. The fraction of sp³-hybridized carbons (Fsp3) is 0.200. The van der Waals surface area contributed by atoms with Crippen LogP contribution >= 0.6 is 0 Å². The van der Waals surface area contributed by atoms with Crippen molar-refractivity contribution in [2.24, 2.45) is 5.73 Å². The second-order valence-electron chi connectivity index (χ2n) is 6.44. The lowest BCUT2D eigenvalue weighted by atomic mass is 10.0. The zero-order chi connectivity index (χ0) is 20.1. The van der Waals surface area contributed by atoms with E-state index in [1.165, 1.54) is 6.33 Å².